The average Bonchev–Trinajstić information content (AvgIpc) is 2.89. The molecule has 2 heterocycles. The van der Waals surface area contributed by atoms with Crippen molar-refractivity contribution in [3.8, 4) is 0 Å². The van der Waals surface area contributed by atoms with Gasteiger partial charge in [0.25, 0.3) is 0 Å². The van der Waals surface area contributed by atoms with E-state index in [2.05, 4.69) is 29.0 Å². The second-order valence-electron chi connectivity index (χ2n) is 5.82. The minimum Gasteiger partial charge on any atom is -0.354 e. The Morgan fingerprint density at radius 3 is 3.00 bits per heavy atom. The summed E-state index contributed by atoms with van der Waals surface area (Å²) >= 11 is 0. The van der Waals surface area contributed by atoms with Crippen LogP contribution in [0.4, 0.5) is 11.8 Å². The molecule has 0 bridgehead atoms. The lowest BCUT2D eigenvalue weighted by Gasteiger charge is -2.39. The van der Waals surface area contributed by atoms with Crippen molar-refractivity contribution < 1.29 is 0 Å². The maximum atomic E-state index is 4.75. The van der Waals surface area contributed by atoms with E-state index in [0.29, 0.717) is 0 Å². The molecule has 0 aromatic carbocycles. The van der Waals surface area contributed by atoms with E-state index < -0.39 is 0 Å². The highest BCUT2D eigenvalue weighted by atomic mass is 15.3. The summed E-state index contributed by atoms with van der Waals surface area (Å²) in [6.45, 7) is 6.24. The summed E-state index contributed by atoms with van der Waals surface area (Å²) in [7, 11) is 0. The van der Waals surface area contributed by atoms with Crippen LogP contribution in [0, 0.1) is 12.8 Å². The molecule has 0 spiro atoms. The van der Waals surface area contributed by atoms with E-state index in [1.165, 1.54) is 37.7 Å². The molecule has 4 nitrogen and oxygen atoms in total. The Bertz CT molecular complexity index is 446. The number of hydrogen-bond donors (Lipinski definition) is 1. The van der Waals surface area contributed by atoms with Crippen molar-refractivity contribution in [1.82, 2.24) is 9.97 Å². The molecule has 1 aromatic heterocycles. The van der Waals surface area contributed by atoms with Gasteiger partial charge in [0, 0.05) is 30.9 Å². The summed E-state index contributed by atoms with van der Waals surface area (Å²) in [4.78, 5) is 11.7. The number of aryl methyl sites for hydroxylation is 1. The van der Waals surface area contributed by atoms with E-state index in [9.17, 15) is 0 Å². The Labute approximate surface area is 115 Å². The zero-order valence-corrected chi connectivity index (χ0v) is 12.0. The molecular weight excluding hydrogens is 236 g/mol. The predicted octanol–water partition coefficient (Wildman–Crippen LogP) is 2.99. The Morgan fingerprint density at radius 2 is 2.16 bits per heavy atom. The molecule has 104 valence electrons. The van der Waals surface area contributed by atoms with Crippen molar-refractivity contribution in [2.24, 2.45) is 5.92 Å². The van der Waals surface area contributed by atoms with Crippen molar-refractivity contribution in [1.29, 1.82) is 0 Å². The maximum Gasteiger partial charge on any atom is 0.224 e. The number of piperidine rings is 1. The highest BCUT2D eigenvalue weighted by molar-refractivity contribution is 5.50. The first-order chi connectivity index (χ1) is 9.29. The van der Waals surface area contributed by atoms with Crippen molar-refractivity contribution in [3.05, 3.63) is 11.8 Å². The fourth-order valence-electron chi connectivity index (χ4n) is 3.68. The predicted molar refractivity (Wildman–Crippen MR) is 78.6 cm³/mol. The van der Waals surface area contributed by atoms with Crippen LogP contribution in [0.15, 0.2) is 6.20 Å². The maximum absolute atomic E-state index is 4.75. The van der Waals surface area contributed by atoms with Gasteiger partial charge >= 0.3 is 0 Å². The molecule has 2 aliphatic rings. The lowest BCUT2D eigenvalue weighted by atomic mass is 9.92. The number of hydrogen-bond acceptors (Lipinski definition) is 4. The third-order valence-corrected chi connectivity index (χ3v) is 4.55. The zero-order chi connectivity index (χ0) is 13.2. The highest BCUT2D eigenvalue weighted by Crippen LogP contribution is 2.39. The number of aromatic nitrogens is 2. The minimum absolute atomic E-state index is 0.719. The first-order valence-corrected chi connectivity index (χ1v) is 7.63. The van der Waals surface area contributed by atoms with Crippen LogP contribution in [-0.4, -0.2) is 29.1 Å². The van der Waals surface area contributed by atoms with Gasteiger partial charge in [0.05, 0.1) is 0 Å². The summed E-state index contributed by atoms with van der Waals surface area (Å²) in [6.07, 6.45) is 8.80. The summed E-state index contributed by atoms with van der Waals surface area (Å²) in [5.41, 5.74) is 1.20. The van der Waals surface area contributed by atoms with Crippen molar-refractivity contribution in [3.63, 3.8) is 0 Å². The van der Waals surface area contributed by atoms with Crippen molar-refractivity contribution in [2.45, 2.75) is 52.0 Å². The van der Waals surface area contributed by atoms with Gasteiger partial charge < -0.3 is 10.2 Å². The van der Waals surface area contributed by atoms with E-state index in [1.807, 2.05) is 6.20 Å². The topological polar surface area (TPSA) is 41.1 Å². The second-order valence-corrected chi connectivity index (χ2v) is 5.82. The third kappa shape index (κ3) is 2.40. The second kappa shape index (κ2) is 5.35. The van der Waals surface area contributed by atoms with Gasteiger partial charge in [-0.05, 0) is 45.4 Å². The number of rotatable bonds is 3. The van der Waals surface area contributed by atoms with Gasteiger partial charge in [-0.25, -0.2) is 4.98 Å². The average molecular weight is 260 g/mol. The number of fused-ring (bicyclic) bond motifs is 1. The van der Waals surface area contributed by atoms with Gasteiger partial charge in [-0.1, -0.05) is 6.42 Å². The number of anilines is 2. The molecule has 0 amide bonds. The molecule has 1 aliphatic heterocycles. The molecule has 2 atom stereocenters. The minimum atomic E-state index is 0.719. The van der Waals surface area contributed by atoms with Gasteiger partial charge in [-0.3, -0.25) is 0 Å². The van der Waals surface area contributed by atoms with Gasteiger partial charge in [0.2, 0.25) is 5.95 Å². The SMILES string of the molecule is CCNc1ncc(C)c(N2CCCC3CCCC32)n1. The lowest BCUT2D eigenvalue weighted by Crippen LogP contribution is -2.43. The fourth-order valence-corrected chi connectivity index (χ4v) is 3.68. The molecule has 1 saturated carbocycles. The zero-order valence-electron chi connectivity index (χ0n) is 12.0. The van der Waals surface area contributed by atoms with Gasteiger partial charge in [0.15, 0.2) is 0 Å². The third-order valence-electron chi connectivity index (χ3n) is 4.55. The van der Waals surface area contributed by atoms with Crippen LogP contribution in [0.3, 0.4) is 0 Å². The molecule has 19 heavy (non-hydrogen) atoms. The van der Waals surface area contributed by atoms with E-state index in [4.69, 9.17) is 4.98 Å². The molecule has 1 aromatic rings. The fraction of sp³-hybridized carbons (Fsp3) is 0.733. The highest BCUT2D eigenvalue weighted by Gasteiger charge is 2.36. The molecule has 1 saturated heterocycles. The van der Waals surface area contributed by atoms with Gasteiger partial charge in [-0.15, -0.1) is 0 Å². The lowest BCUT2D eigenvalue weighted by molar-refractivity contribution is 0.360. The Balaban J connectivity index is 1.89. The van der Waals surface area contributed by atoms with E-state index in [-0.39, 0.29) is 0 Å². The van der Waals surface area contributed by atoms with E-state index in [0.717, 1.165) is 36.8 Å². The van der Waals surface area contributed by atoms with Crippen LogP contribution in [0.5, 0.6) is 0 Å². The quantitative estimate of drug-likeness (QED) is 0.907. The first-order valence-electron chi connectivity index (χ1n) is 7.63. The normalized spacial score (nSPS) is 26.3. The molecule has 3 rings (SSSR count). The molecule has 0 radical (unpaired) electrons. The van der Waals surface area contributed by atoms with Gasteiger partial charge in [-0.2, -0.15) is 4.98 Å². The Morgan fingerprint density at radius 1 is 1.32 bits per heavy atom. The number of nitrogens with one attached hydrogen (secondary N) is 1. The summed E-state index contributed by atoms with van der Waals surface area (Å²) in [5.74, 6) is 2.82. The van der Waals surface area contributed by atoms with Crippen LogP contribution in [-0.2, 0) is 0 Å². The van der Waals surface area contributed by atoms with Crippen LogP contribution in [0.25, 0.3) is 0 Å². The van der Waals surface area contributed by atoms with Crippen LogP contribution < -0.4 is 10.2 Å². The Hall–Kier alpha value is -1.32. The largest absolute Gasteiger partial charge is 0.354 e. The van der Waals surface area contributed by atoms with Gasteiger partial charge in [0.1, 0.15) is 5.82 Å². The van der Waals surface area contributed by atoms with E-state index in [1.54, 1.807) is 0 Å². The number of nitrogens with zero attached hydrogens (tertiary/aromatic N) is 3. The summed E-state index contributed by atoms with van der Waals surface area (Å²) < 4.78 is 0. The Kier molecular flexibility index (Phi) is 3.58. The standard InChI is InChI=1S/C15H24N4/c1-3-16-15-17-10-11(2)14(18-15)19-9-5-7-12-6-4-8-13(12)19/h10,12-13H,3-9H2,1-2H3,(H,16,17,18). The molecule has 1 N–H and O–H groups in total. The molecule has 4 heteroatoms. The van der Waals surface area contributed by atoms with Crippen molar-refractivity contribution >= 4 is 11.8 Å². The summed E-state index contributed by atoms with van der Waals surface area (Å²) in [5, 5.41) is 3.23. The first kappa shape index (κ1) is 12.7. The molecule has 2 unspecified atom stereocenters. The smallest absolute Gasteiger partial charge is 0.224 e. The summed E-state index contributed by atoms with van der Waals surface area (Å²) in [6, 6.07) is 0.719. The molecule has 1 aliphatic carbocycles. The van der Waals surface area contributed by atoms with Crippen molar-refractivity contribution in [2.75, 3.05) is 23.3 Å². The van der Waals surface area contributed by atoms with Crippen LogP contribution in [0.2, 0.25) is 0 Å². The van der Waals surface area contributed by atoms with E-state index >= 15 is 0 Å². The van der Waals surface area contributed by atoms with Crippen LogP contribution in [0.1, 0.15) is 44.6 Å². The monoisotopic (exact) mass is 260 g/mol. The van der Waals surface area contributed by atoms with Crippen LogP contribution >= 0.6 is 0 Å². The molecular formula is C15H24N4. The molecule has 2 fully saturated rings.